The highest BCUT2D eigenvalue weighted by Gasteiger charge is 2.31. The highest BCUT2D eigenvalue weighted by atomic mass is 16.2. The van der Waals surface area contributed by atoms with Crippen LogP contribution in [0.4, 0.5) is 0 Å². The summed E-state index contributed by atoms with van der Waals surface area (Å²) in [5.41, 5.74) is 5.40. The monoisotopic (exact) mass is 309 g/mol. The molecule has 22 heavy (non-hydrogen) atoms. The number of hydrogen-bond donors (Lipinski definition) is 1. The Morgan fingerprint density at radius 2 is 1.86 bits per heavy atom. The Bertz CT molecular complexity index is 393. The molecule has 1 aliphatic heterocycles. The van der Waals surface area contributed by atoms with Crippen LogP contribution in [0.15, 0.2) is 0 Å². The maximum Gasteiger partial charge on any atom is 0.239 e. The minimum atomic E-state index is -0.277. The van der Waals surface area contributed by atoms with Crippen molar-refractivity contribution in [1.29, 1.82) is 0 Å². The molecule has 1 heterocycles. The van der Waals surface area contributed by atoms with Crippen LogP contribution in [0.3, 0.4) is 0 Å². The molecule has 5 nitrogen and oxygen atoms in total. The van der Waals surface area contributed by atoms with E-state index >= 15 is 0 Å². The number of carbonyl (C=O) groups is 2. The van der Waals surface area contributed by atoms with Gasteiger partial charge >= 0.3 is 0 Å². The van der Waals surface area contributed by atoms with E-state index in [1.165, 1.54) is 32.1 Å². The first kappa shape index (κ1) is 17.3. The predicted octanol–water partition coefficient (Wildman–Crippen LogP) is 1.61. The van der Waals surface area contributed by atoms with E-state index in [9.17, 15) is 9.59 Å². The molecule has 2 unspecified atom stereocenters. The zero-order valence-electron chi connectivity index (χ0n) is 14.1. The zero-order chi connectivity index (χ0) is 16.1. The molecule has 126 valence electrons. The molecule has 1 saturated carbocycles. The summed E-state index contributed by atoms with van der Waals surface area (Å²) in [5, 5.41) is 0. The fraction of sp³-hybridized carbons (Fsp3) is 0.882. The Kier molecular flexibility index (Phi) is 6.24. The van der Waals surface area contributed by atoms with Gasteiger partial charge in [-0.25, -0.2) is 0 Å². The number of carbonyl (C=O) groups excluding carboxylic acids is 2. The van der Waals surface area contributed by atoms with Gasteiger partial charge in [0.15, 0.2) is 0 Å². The molecule has 0 radical (unpaired) electrons. The molecule has 1 aliphatic carbocycles. The largest absolute Gasteiger partial charge is 0.369 e. The van der Waals surface area contributed by atoms with Crippen molar-refractivity contribution in [1.82, 2.24) is 9.80 Å². The van der Waals surface area contributed by atoms with Crippen molar-refractivity contribution in [3.8, 4) is 0 Å². The number of likely N-dealkylation sites (tertiary alicyclic amines) is 1. The van der Waals surface area contributed by atoms with Gasteiger partial charge in [-0.15, -0.1) is 0 Å². The van der Waals surface area contributed by atoms with Crippen LogP contribution in [-0.2, 0) is 9.59 Å². The molecule has 0 bridgehead atoms. The van der Waals surface area contributed by atoms with Crippen molar-refractivity contribution < 1.29 is 9.59 Å². The van der Waals surface area contributed by atoms with Gasteiger partial charge in [-0.05, 0) is 45.6 Å². The lowest BCUT2D eigenvalue weighted by Crippen LogP contribution is -2.51. The SMILES string of the molecule is CC(C(=O)N1CCCC(C(N)=O)C1)N(C)CC1CCCCC1. The molecule has 2 rings (SSSR count). The molecule has 2 atom stereocenters. The first-order valence-corrected chi connectivity index (χ1v) is 8.77. The van der Waals surface area contributed by atoms with Crippen LogP contribution in [0.2, 0.25) is 0 Å². The van der Waals surface area contributed by atoms with Crippen molar-refractivity contribution >= 4 is 11.8 Å². The second-order valence-corrected chi connectivity index (χ2v) is 7.15. The van der Waals surface area contributed by atoms with Crippen LogP contribution in [0.25, 0.3) is 0 Å². The summed E-state index contributed by atoms with van der Waals surface area (Å²) in [5.74, 6) is 0.423. The summed E-state index contributed by atoms with van der Waals surface area (Å²) in [6, 6.07) is -0.117. The van der Waals surface area contributed by atoms with Crippen LogP contribution in [0.1, 0.15) is 51.9 Å². The predicted molar refractivity (Wildman–Crippen MR) is 87.2 cm³/mol. The first-order chi connectivity index (χ1) is 10.5. The minimum absolute atomic E-state index is 0.117. The molecule has 0 spiro atoms. The lowest BCUT2D eigenvalue weighted by Gasteiger charge is -2.36. The van der Waals surface area contributed by atoms with E-state index in [4.69, 9.17) is 5.73 Å². The molecule has 2 aliphatic rings. The van der Waals surface area contributed by atoms with Gasteiger partial charge in [-0.1, -0.05) is 19.3 Å². The van der Waals surface area contributed by atoms with Crippen molar-refractivity contribution in [2.24, 2.45) is 17.6 Å². The second-order valence-electron chi connectivity index (χ2n) is 7.15. The molecule has 0 aromatic heterocycles. The standard InChI is InChI=1S/C17H31N3O2/c1-13(19(2)11-14-7-4-3-5-8-14)17(22)20-10-6-9-15(12-20)16(18)21/h13-15H,3-12H2,1-2H3,(H2,18,21). The fourth-order valence-corrected chi connectivity index (χ4v) is 3.80. The van der Waals surface area contributed by atoms with Crippen LogP contribution in [0, 0.1) is 11.8 Å². The number of amides is 2. The molecule has 5 heteroatoms. The van der Waals surface area contributed by atoms with E-state index in [0.29, 0.717) is 6.54 Å². The van der Waals surface area contributed by atoms with Gasteiger partial charge in [0.05, 0.1) is 12.0 Å². The summed E-state index contributed by atoms with van der Waals surface area (Å²) in [6.45, 7) is 4.24. The van der Waals surface area contributed by atoms with Crippen LogP contribution < -0.4 is 5.73 Å². The van der Waals surface area contributed by atoms with E-state index in [0.717, 1.165) is 31.8 Å². The number of likely N-dealkylation sites (N-methyl/N-ethyl adjacent to an activating group) is 1. The molecule has 0 aromatic rings. The zero-order valence-corrected chi connectivity index (χ0v) is 14.1. The quantitative estimate of drug-likeness (QED) is 0.839. The Hall–Kier alpha value is -1.10. The maximum absolute atomic E-state index is 12.7. The Labute approximate surface area is 134 Å². The third-order valence-corrected chi connectivity index (χ3v) is 5.42. The summed E-state index contributed by atoms with van der Waals surface area (Å²) in [7, 11) is 2.05. The third kappa shape index (κ3) is 4.45. The van der Waals surface area contributed by atoms with Gasteiger partial charge in [0.1, 0.15) is 0 Å². The van der Waals surface area contributed by atoms with E-state index in [2.05, 4.69) is 4.90 Å². The Morgan fingerprint density at radius 1 is 1.18 bits per heavy atom. The number of primary amides is 1. The van der Waals surface area contributed by atoms with Crippen LogP contribution >= 0.6 is 0 Å². The van der Waals surface area contributed by atoms with Gasteiger partial charge in [0, 0.05) is 19.6 Å². The molecule has 2 amide bonds. The summed E-state index contributed by atoms with van der Waals surface area (Å²) in [6.07, 6.45) is 8.28. The normalized spacial score (nSPS) is 25.2. The van der Waals surface area contributed by atoms with Crippen LogP contribution in [0.5, 0.6) is 0 Å². The van der Waals surface area contributed by atoms with E-state index in [-0.39, 0.29) is 23.8 Å². The lowest BCUT2D eigenvalue weighted by molar-refractivity contribution is -0.139. The molecule has 1 saturated heterocycles. The summed E-state index contributed by atoms with van der Waals surface area (Å²) in [4.78, 5) is 28.1. The summed E-state index contributed by atoms with van der Waals surface area (Å²) < 4.78 is 0. The van der Waals surface area contributed by atoms with Gasteiger partial charge < -0.3 is 10.6 Å². The topological polar surface area (TPSA) is 66.6 Å². The molecule has 0 aromatic carbocycles. The smallest absolute Gasteiger partial charge is 0.239 e. The van der Waals surface area contributed by atoms with Crippen molar-refractivity contribution in [2.75, 3.05) is 26.7 Å². The van der Waals surface area contributed by atoms with Gasteiger partial charge in [-0.2, -0.15) is 0 Å². The van der Waals surface area contributed by atoms with E-state index < -0.39 is 0 Å². The van der Waals surface area contributed by atoms with Crippen molar-refractivity contribution in [3.05, 3.63) is 0 Å². The number of nitrogens with zero attached hydrogens (tertiary/aromatic N) is 2. The highest BCUT2D eigenvalue weighted by molar-refractivity contribution is 5.83. The van der Waals surface area contributed by atoms with Crippen molar-refractivity contribution in [2.45, 2.75) is 57.9 Å². The average molecular weight is 309 g/mol. The molecule has 2 N–H and O–H groups in total. The van der Waals surface area contributed by atoms with Crippen LogP contribution in [-0.4, -0.2) is 54.3 Å². The molecular formula is C17H31N3O2. The lowest BCUT2D eigenvalue weighted by atomic mass is 9.88. The highest BCUT2D eigenvalue weighted by Crippen LogP contribution is 2.25. The molecule has 2 fully saturated rings. The Morgan fingerprint density at radius 3 is 2.50 bits per heavy atom. The van der Waals surface area contributed by atoms with Gasteiger partial charge in [0.25, 0.3) is 0 Å². The number of rotatable bonds is 5. The Balaban J connectivity index is 1.85. The average Bonchev–Trinajstić information content (AvgIpc) is 2.54. The van der Waals surface area contributed by atoms with Gasteiger partial charge in [-0.3, -0.25) is 14.5 Å². The number of piperidine rings is 1. The summed E-state index contributed by atoms with van der Waals surface area (Å²) >= 11 is 0. The van der Waals surface area contributed by atoms with E-state index in [1.807, 2.05) is 18.9 Å². The number of hydrogen-bond acceptors (Lipinski definition) is 3. The van der Waals surface area contributed by atoms with Crippen molar-refractivity contribution in [3.63, 3.8) is 0 Å². The number of nitrogens with two attached hydrogens (primary N) is 1. The third-order valence-electron chi connectivity index (χ3n) is 5.42. The first-order valence-electron chi connectivity index (χ1n) is 8.77. The minimum Gasteiger partial charge on any atom is -0.369 e. The fourth-order valence-electron chi connectivity index (χ4n) is 3.80. The second kappa shape index (κ2) is 7.95. The molecular weight excluding hydrogens is 278 g/mol. The van der Waals surface area contributed by atoms with E-state index in [1.54, 1.807) is 0 Å². The van der Waals surface area contributed by atoms with Gasteiger partial charge in [0.2, 0.25) is 11.8 Å². The maximum atomic E-state index is 12.7.